The summed E-state index contributed by atoms with van der Waals surface area (Å²) >= 11 is 3.42. The van der Waals surface area contributed by atoms with Crippen LogP contribution in [-0.2, 0) is 11.2 Å². The van der Waals surface area contributed by atoms with Gasteiger partial charge >= 0.3 is 5.97 Å². The summed E-state index contributed by atoms with van der Waals surface area (Å²) in [6.45, 7) is 0. The van der Waals surface area contributed by atoms with Gasteiger partial charge in [-0.25, -0.2) is 4.68 Å². The first kappa shape index (κ1) is 10.9. The summed E-state index contributed by atoms with van der Waals surface area (Å²) in [6.07, 6.45) is 3.27. The number of carboxylic acid groups (broad SMARTS) is 1. The van der Waals surface area contributed by atoms with Gasteiger partial charge in [0.2, 0.25) is 0 Å². The average molecular weight is 281 g/mol. The van der Waals surface area contributed by atoms with E-state index in [1.807, 2.05) is 24.3 Å². The Morgan fingerprint density at radius 1 is 1.44 bits per heavy atom. The molecule has 0 aliphatic carbocycles. The van der Waals surface area contributed by atoms with Gasteiger partial charge < -0.3 is 5.11 Å². The second-order valence-electron chi connectivity index (χ2n) is 3.32. The van der Waals surface area contributed by atoms with Crippen LogP contribution in [0.3, 0.4) is 0 Å². The summed E-state index contributed by atoms with van der Waals surface area (Å²) in [5, 5.41) is 12.8. The minimum atomic E-state index is -0.855. The molecule has 82 valence electrons. The zero-order valence-electron chi connectivity index (χ0n) is 8.30. The van der Waals surface area contributed by atoms with Gasteiger partial charge in [-0.05, 0) is 28.1 Å². The van der Waals surface area contributed by atoms with Crippen LogP contribution in [-0.4, -0.2) is 20.9 Å². The summed E-state index contributed by atoms with van der Waals surface area (Å²) in [5.41, 5.74) is 1.57. The van der Waals surface area contributed by atoms with Gasteiger partial charge in [-0.3, -0.25) is 4.79 Å². The Balaban J connectivity index is 2.32. The van der Waals surface area contributed by atoms with Crippen molar-refractivity contribution in [2.45, 2.75) is 6.42 Å². The molecule has 0 bridgehead atoms. The fourth-order valence-corrected chi connectivity index (χ4v) is 1.86. The highest BCUT2D eigenvalue weighted by atomic mass is 79.9. The molecule has 0 fully saturated rings. The predicted molar refractivity (Wildman–Crippen MR) is 62.6 cm³/mol. The van der Waals surface area contributed by atoms with Crippen LogP contribution in [0.15, 0.2) is 41.1 Å². The second-order valence-corrected chi connectivity index (χ2v) is 4.17. The second kappa shape index (κ2) is 4.49. The number of carbonyl (C=O) groups is 1. The molecule has 0 atom stereocenters. The fraction of sp³-hybridized carbons (Fsp3) is 0.0909. The Labute approximate surface area is 101 Å². The van der Waals surface area contributed by atoms with Crippen molar-refractivity contribution < 1.29 is 9.90 Å². The number of nitrogens with zero attached hydrogens (tertiary/aromatic N) is 2. The fourth-order valence-electron chi connectivity index (χ4n) is 1.40. The summed E-state index contributed by atoms with van der Waals surface area (Å²) < 4.78 is 2.57. The topological polar surface area (TPSA) is 55.1 Å². The van der Waals surface area contributed by atoms with Crippen molar-refractivity contribution in [1.82, 2.24) is 9.78 Å². The molecule has 0 saturated carbocycles. The molecule has 4 nitrogen and oxygen atoms in total. The third-order valence-corrected chi connectivity index (χ3v) is 2.76. The molecule has 16 heavy (non-hydrogen) atoms. The highest BCUT2D eigenvalue weighted by Gasteiger charge is 2.06. The predicted octanol–water partition coefficient (Wildman–Crippen LogP) is 2.26. The molecule has 0 amide bonds. The van der Waals surface area contributed by atoms with Crippen LogP contribution in [0, 0.1) is 0 Å². The number of aliphatic carboxylic acids is 1. The summed E-state index contributed by atoms with van der Waals surface area (Å²) in [4.78, 5) is 10.5. The van der Waals surface area contributed by atoms with Crippen LogP contribution < -0.4 is 0 Å². The molecule has 1 aromatic carbocycles. The van der Waals surface area contributed by atoms with Crippen molar-refractivity contribution in [3.63, 3.8) is 0 Å². The molecule has 0 saturated heterocycles. The summed E-state index contributed by atoms with van der Waals surface area (Å²) in [7, 11) is 0. The van der Waals surface area contributed by atoms with E-state index in [2.05, 4.69) is 21.0 Å². The van der Waals surface area contributed by atoms with Gasteiger partial charge in [0.25, 0.3) is 0 Å². The van der Waals surface area contributed by atoms with Gasteiger partial charge in [-0.2, -0.15) is 5.10 Å². The maximum Gasteiger partial charge on any atom is 0.307 e. The maximum absolute atomic E-state index is 10.5. The summed E-state index contributed by atoms with van der Waals surface area (Å²) in [5.74, 6) is -0.855. The normalized spacial score (nSPS) is 10.3. The zero-order valence-corrected chi connectivity index (χ0v) is 9.89. The van der Waals surface area contributed by atoms with Crippen LogP contribution in [0.2, 0.25) is 0 Å². The first-order valence-electron chi connectivity index (χ1n) is 4.67. The van der Waals surface area contributed by atoms with Crippen LogP contribution in [0.1, 0.15) is 5.56 Å². The molecule has 0 radical (unpaired) electrons. The molecule has 1 N–H and O–H groups in total. The van der Waals surface area contributed by atoms with Gasteiger partial charge in [-0.15, -0.1) is 0 Å². The van der Waals surface area contributed by atoms with E-state index in [0.29, 0.717) is 5.56 Å². The highest BCUT2D eigenvalue weighted by molar-refractivity contribution is 9.10. The standard InChI is InChI=1S/C11H9BrN2O2/c12-9-3-1-2-4-10(9)14-7-8(6-13-14)5-11(15)16/h1-4,6-7H,5H2,(H,15,16). The third-order valence-electron chi connectivity index (χ3n) is 2.09. The van der Waals surface area contributed by atoms with Gasteiger partial charge in [0.15, 0.2) is 0 Å². The number of hydrogen-bond donors (Lipinski definition) is 1. The monoisotopic (exact) mass is 280 g/mol. The van der Waals surface area contributed by atoms with Gasteiger partial charge in [0, 0.05) is 16.2 Å². The van der Waals surface area contributed by atoms with Crippen molar-refractivity contribution in [2.75, 3.05) is 0 Å². The summed E-state index contributed by atoms with van der Waals surface area (Å²) in [6, 6.07) is 7.63. The van der Waals surface area contributed by atoms with E-state index in [9.17, 15) is 4.79 Å². The van der Waals surface area contributed by atoms with Gasteiger partial charge in [-0.1, -0.05) is 12.1 Å². The largest absolute Gasteiger partial charge is 0.481 e. The first-order chi connectivity index (χ1) is 7.66. The molecule has 0 aliphatic heterocycles. The highest BCUT2D eigenvalue weighted by Crippen LogP contribution is 2.19. The minimum absolute atomic E-state index is 0.00947. The van der Waals surface area contributed by atoms with Crippen LogP contribution in [0.4, 0.5) is 0 Å². The quantitative estimate of drug-likeness (QED) is 0.938. The number of benzene rings is 1. The van der Waals surface area contributed by atoms with Crippen molar-refractivity contribution in [1.29, 1.82) is 0 Å². The van der Waals surface area contributed by atoms with E-state index in [0.717, 1.165) is 10.2 Å². The van der Waals surface area contributed by atoms with E-state index in [1.54, 1.807) is 17.1 Å². The maximum atomic E-state index is 10.5. The van der Waals surface area contributed by atoms with E-state index in [-0.39, 0.29) is 6.42 Å². The lowest BCUT2D eigenvalue weighted by molar-refractivity contribution is -0.136. The Morgan fingerprint density at radius 3 is 2.88 bits per heavy atom. The molecule has 2 aromatic rings. The molecular weight excluding hydrogens is 272 g/mol. The van der Waals surface area contributed by atoms with Crippen LogP contribution in [0.25, 0.3) is 5.69 Å². The number of aromatic nitrogens is 2. The van der Waals surface area contributed by atoms with E-state index < -0.39 is 5.97 Å². The first-order valence-corrected chi connectivity index (χ1v) is 5.46. The lowest BCUT2D eigenvalue weighted by atomic mass is 10.2. The van der Waals surface area contributed by atoms with Gasteiger partial charge in [0.05, 0.1) is 18.3 Å². The molecular formula is C11H9BrN2O2. The number of para-hydroxylation sites is 1. The van der Waals surface area contributed by atoms with Crippen molar-refractivity contribution in [2.24, 2.45) is 0 Å². The van der Waals surface area contributed by atoms with Crippen molar-refractivity contribution >= 4 is 21.9 Å². The molecule has 2 rings (SSSR count). The number of rotatable bonds is 3. The Kier molecular flexibility index (Phi) is 3.05. The van der Waals surface area contributed by atoms with Crippen molar-refractivity contribution in [3.05, 3.63) is 46.7 Å². The average Bonchev–Trinajstić information content (AvgIpc) is 2.66. The lowest BCUT2D eigenvalue weighted by Crippen LogP contribution is -1.99. The molecule has 0 spiro atoms. The SMILES string of the molecule is O=C(O)Cc1cnn(-c2ccccc2Br)c1. The number of halogens is 1. The molecule has 5 heteroatoms. The van der Waals surface area contributed by atoms with E-state index >= 15 is 0 Å². The van der Waals surface area contributed by atoms with E-state index in [1.165, 1.54) is 0 Å². The minimum Gasteiger partial charge on any atom is -0.481 e. The number of hydrogen-bond acceptors (Lipinski definition) is 2. The molecule has 0 aliphatic rings. The van der Waals surface area contributed by atoms with Crippen LogP contribution >= 0.6 is 15.9 Å². The smallest absolute Gasteiger partial charge is 0.307 e. The van der Waals surface area contributed by atoms with E-state index in [4.69, 9.17) is 5.11 Å². The zero-order chi connectivity index (χ0) is 11.5. The molecule has 1 aromatic heterocycles. The van der Waals surface area contributed by atoms with Crippen molar-refractivity contribution in [3.8, 4) is 5.69 Å². The van der Waals surface area contributed by atoms with Crippen LogP contribution in [0.5, 0.6) is 0 Å². The van der Waals surface area contributed by atoms with Gasteiger partial charge in [0.1, 0.15) is 0 Å². The Bertz CT molecular complexity index is 522. The molecule has 0 unspecified atom stereocenters. The lowest BCUT2D eigenvalue weighted by Gasteiger charge is -2.02. The Hall–Kier alpha value is -1.62. The third kappa shape index (κ3) is 2.30. The molecule has 1 heterocycles. The Morgan fingerprint density at radius 2 is 2.19 bits per heavy atom. The number of carboxylic acids is 1.